The van der Waals surface area contributed by atoms with Crippen LogP contribution in [0.25, 0.3) is 0 Å². The van der Waals surface area contributed by atoms with E-state index in [4.69, 9.17) is 0 Å². The van der Waals surface area contributed by atoms with Crippen molar-refractivity contribution in [1.29, 1.82) is 0 Å². The Hall–Kier alpha value is -1.64. The van der Waals surface area contributed by atoms with Crippen molar-refractivity contribution in [3.8, 4) is 5.75 Å². The van der Waals surface area contributed by atoms with E-state index in [1.165, 1.54) is 12.1 Å². The van der Waals surface area contributed by atoms with Crippen LogP contribution in [0, 0.1) is 3.57 Å². The molecule has 19 heavy (non-hydrogen) atoms. The van der Waals surface area contributed by atoms with Crippen molar-refractivity contribution in [2.24, 2.45) is 0 Å². The van der Waals surface area contributed by atoms with Gasteiger partial charge >= 0.3 is 0 Å². The molecule has 7 heteroatoms. The Labute approximate surface area is 122 Å². The van der Waals surface area contributed by atoms with Gasteiger partial charge in [-0.1, -0.05) is 0 Å². The second-order valence-corrected chi connectivity index (χ2v) is 5.38. The predicted octanol–water partition coefficient (Wildman–Crippen LogP) is 0.532. The average molecular weight is 374 g/mol. The van der Waals surface area contributed by atoms with Crippen molar-refractivity contribution in [3.63, 3.8) is 0 Å². The predicted molar refractivity (Wildman–Crippen MR) is 74.5 cm³/mol. The highest BCUT2D eigenvalue weighted by molar-refractivity contribution is 14.1. The van der Waals surface area contributed by atoms with E-state index in [0.29, 0.717) is 0 Å². The smallest absolute Gasteiger partial charge is 0.255 e. The van der Waals surface area contributed by atoms with Gasteiger partial charge in [-0.3, -0.25) is 19.7 Å². The van der Waals surface area contributed by atoms with Crippen molar-refractivity contribution in [2.75, 3.05) is 0 Å². The third kappa shape index (κ3) is 3.22. The van der Waals surface area contributed by atoms with Gasteiger partial charge in [-0.25, -0.2) is 0 Å². The van der Waals surface area contributed by atoms with Crippen LogP contribution in [-0.2, 0) is 9.59 Å². The molecule has 0 bridgehead atoms. The van der Waals surface area contributed by atoms with Crippen LogP contribution in [0.3, 0.4) is 0 Å². The quantitative estimate of drug-likeness (QED) is 0.520. The van der Waals surface area contributed by atoms with Gasteiger partial charge in [0.25, 0.3) is 5.91 Å². The fourth-order valence-electron chi connectivity index (χ4n) is 1.76. The molecule has 1 saturated heterocycles. The molecule has 1 fully saturated rings. The number of nitrogens with one attached hydrogen (secondary N) is 2. The second kappa shape index (κ2) is 5.55. The monoisotopic (exact) mass is 374 g/mol. The van der Waals surface area contributed by atoms with Crippen LogP contribution in [-0.4, -0.2) is 28.9 Å². The molecule has 1 aliphatic rings. The average Bonchev–Trinajstić information content (AvgIpc) is 2.35. The van der Waals surface area contributed by atoms with E-state index in [2.05, 4.69) is 10.6 Å². The van der Waals surface area contributed by atoms with Crippen molar-refractivity contribution in [2.45, 2.75) is 18.9 Å². The molecule has 0 saturated carbocycles. The van der Waals surface area contributed by atoms with Gasteiger partial charge in [0.2, 0.25) is 11.8 Å². The van der Waals surface area contributed by atoms with Gasteiger partial charge in [-0.2, -0.15) is 0 Å². The summed E-state index contributed by atoms with van der Waals surface area (Å²) in [5.74, 6) is -1.54. The van der Waals surface area contributed by atoms with E-state index >= 15 is 0 Å². The Kier molecular flexibility index (Phi) is 4.03. The Morgan fingerprint density at radius 2 is 2.16 bits per heavy atom. The lowest BCUT2D eigenvalue weighted by atomic mass is 10.1. The van der Waals surface area contributed by atoms with Crippen LogP contribution in [0.1, 0.15) is 23.2 Å². The first-order valence-corrected chi connectivity index (χ1v) is 6.68. The van der Waals surface area contributed by atoms with Crippen LogP contribution >= 0.6 is 22.6 Å². The van der Waals surface area contributed by atoms with E-state index in [9.17, 15) is 19.5 Å². The second-order valence-electron chi connectivity index (χ2n) is 4.14. The number of amides is 3. The zero-order chi connectivity index (χ0) is 14.0. The molecule has 1 aromatic carbocycles. The summed E-state index contributed by atoms with van der Waals surface area (Å²) in [6, 6.07) is 3.86. The van der Waals surface area contributed by atoms with E-state index in [0.717, 1.165) is 3.57 Å². The van der Waals surface area contributed by atoms with E-state index in [1.54, 1.807) is 6.07 Å². The number of carbonyl (C=O) groups excluding carboxylic acids is 3. The Bertz CT molecular complexity index is 559. The molecule has 6 nitrogen and oxygen atoms in total. The van der Waals surface area contributed by atoms with Gasteiger partial charge in [-0.15, -0.1) is 0 Å². The minimum Gasteiger partial charge on any atom is -0.507 e. The Morgan fingerprint density at radius 3 is 2.84 bits per heavy atom. The molecule has 0 spiro atoms. The van der Waals surface area contributed by atoms with Crippen molar-refractivity contribution in [3.05, 3.63) is 27.3 Å². The zero-order valence-electron chi connectivity index (χ0n) is 9.77. The van der Waals surface area contributed by atoms with Crippen molar-refractivity contribution in [1.82, 2.24) is 10.6 Å². The summed E-state index contributed by atoms with van der Waals surface area (Å²) < 4.78 is 0.795. The third-order valence-corrected chi connectivity index (χ3v) is 3.42. The van der Waals surface area contributed by atoms with Gasteiger partial charge in [0, 0.05) is 9.99 Å². The molecule has 3 amide bonds. The standard InChI is InChI=1S/C12H11IN2O4/c13-6-1-3-9(16)7(5-6)11(18)14-8-2-4-10(17)15-12(8)19/h1,3,5,8,16H,2,4H2,(H,14,18)(H,15,17,19). The van der Waals surface area contributed by atoms with Gasteiger partial charge in [0.05, 0.1) is 5.56 Å². The van der Waals surface area contributed by atoms with Gasteiger partial charge < -0.3 is 10.4 Å². The lowest BCUT2D eigenvalue weighted by Gasteiger charge is -2.21. The highest BCUT2D eigenvalue weighted by Gasteiger charge is 2.28. The number of halogens is 1. The molecule has 0 aliphatic carbocycles. The lowest BCUT2D eigenvalue weighted by Crippen LogP contribution is -2.52. The van der Waals surface area contributed by atoms with Crippen LogP contribution in [0.2, 0.25) is 0 Å². The fourth-order valence-corrected chi connectivity index (χ4v) is 2.25. The van der Waals surface area contributed by atoms with Gasteiger partial charge in [0.1, 0.15) is 11.8 Å². The maximum Gasteiger partial charge on any atom is 0.255 e. The number of hydrogen-bond donors (Lipinski definition) is 3. The summed E-state index contributed by atoms with van der Waals surface area (Å²) in [5, 5.41) is 14.3. The van der Waals surface area contributed by atoms with Gasteiger partial charge in [0.15, 0.2) is 0 Å². The molecular formula is C12H11IN2O4. The first-order chi connectivity index (χ1) is 8.97. The molecule has 1 unspecified atom stereocenters. The van der Waals surface area contributed by atoms with Crippen molar-refractivity contribution >= 4 is 40.3 Å². The van der Waals surface area contributed by atoms with Crippen LogP contribution in [0.5, 0.6) is 5.75 Å². The molecule has 1 atom stereocenters. The van der Waals surface area contributed by atoms with E-state index < -0.39 is 17.9 Å². The minimum absolute atomic E-state index is 0.108. The minimum atomic E-state index is -0.748. The normalized spacial score (nSPS) is 18.9. The summed E-state index contributed by atoms with van der Waals surface area (Å²) in [5.41, 5.74) is 0.108. The number of rotatable bonds is 2. The molecule has 0 aromatic heterocycles. The number of imide groups is 1. The number of phenolic OH excluding ortho intramolecular Hbond substituents is 1. The summed E-state index contributed by atoms with van der Waals surface area (Å²) >= 11 is 2.02. The molecular weight excluding hydrogens is 363 g/mol. The molecule has 100 valence electrons. The summed E-state index contributed by atoms with van der Waals surface area (Å²) in [7, 11) is 0. The maximum absolute atomic E-state index is 12.0. The first-order valence-electron chi connectivity index (χ1n) is 5.60. The molecule has 3 N–H and O–H groups in total. The summed E-state index contributed by atoms with van der Waals surface area (Å²) in [4.78, 5) is 34.5. The fraction of sp³-hybridized carbons (Fsp3) is 0.250. The van der Waals surface area contributed by atoms with Crippen LogP contribution < -0.4 is 10.6 Å². The molecule has 0 radical (unpaired) electrons. The number of carbonyl (C=O) groups is 3. The number of benzene rings is 1. The highest BCUT2D eigenvalue weighted by Crippen LogP contribution is 2.20. The van der Waals surface area contributed by atoms with Crippen LogP contribution in [0.4, 0.5) is 0 Å². The number of piperidine rings is 1. The maximum atomic E-state index is 12.0. The van der Waals surface area contributed by atoms with E-state index in [1.807, 2.05) is 22.6 Å². The number of phenols is 1. The summed E-state index contributed by atoms with van der Waals surface area (Å²) in [6.07, 6.45) is 0.454. The SMILES string of the molecule is O=C1CCC(NC(=O)c2cc(I)ccc2O)C(=O)N1. The molecule has 2 rings (SSSR count). The highest BCUT2D eigenvalue weighted by atomic mass is 127. The topological polar surface area (TPSA) is 95.5 Å². The third-order valence-electron chi connectivity index (χ3n) is 2.75. The number of hydrogen-bond acceptors (Lipinski definition) is 4. The lowest BCUT2D eigenvalue weighted by molar-refractivity contribution is -0.134. The molecule has 1 aromatic rings. The van der Waals surface area contributed by atoms with Gasteiger partial charge in [-0.05, 0) is 47.2 Å². The first kappa shape index (κ1) is 13.8. The largest absolute Gasteiger partial charge is 0.507 e. The zero-order valence-corrected chi connectivity index (χ0v) is 11.9. The summed E-state index contributed by atoms with van der Waals surface area (Å²) in [6.45, 7) is 0. The Morgan fingerprint density at radius 1 is 1.42 bits per heavy atom. The molecule has 1 aliphatic heterocycles. The van der Waals surface area contributed by atoms with Crippen LogP contribution in [0.15, 0.2) is 18.2 Å². The van der Waals surface area contributed by atoms with E-state index in [-0.39, 0.29) is 30.1 Å². The molecule has 1 heterocycles. The van der Waals surface area contributed by atoms with Crippen molar-refractivity contribution < 1.29 is 19.5 Å². The Balaban J connectivity index is 2.11. The number of aromatic hydroxyl groups is 1.